The number of carbonyl (C=O) groups is 1. The van der Waals surface area contributed by atoms with Gasteiger partial charge in [0.1, 0.15) is 5.75 Å². The molecule has 0 aliphatic carbocycles. The minimum absolute atomic E-state index is 0.0987. The first-order valence-corrected chi connectivity index (χ1v) is 7.77. The van der Waals surface area contributed by atoms with E-state index in [0.717, 1.165) is 0 Å². The highest BCUT2D eigenvalue weighted by molar-refractivity contribution is 7.91. The Morgan fingerprint density at radius 3 is 2.43 bits per heavy atom. The van der Waals surface area contributed by atoms with Gasteiger partial charge in [-0.1, -0.05) is 24.3 Å². The summed E-state index contributed by atoms with van der Waals surface area (Å²) in [6.07, 6.45) is 0. The molecule has 5 nitrogen and oxygen atoms in total. The SMILES string of the molecule is COc1cccc2c1C(S(=O)(=O)c1ccccc1)OC2=O. The second kappa shape index (κ2) is 4.89. The molecule has 0 aromatic heterocycles. The monoisotopic (exact) mass is 304 g/mol. The van der Waals surface area contributed by atoms with Gasteiger partial charge in [-0.15, -0.1) is 0 Å². The van der Waals surface area contributed by atoms with E-state index < -0.39 is 21.2 Å². The van der Waals surface area contributed by atoms with E-state index in [0.29, 0.717) is 5.75 Å². The van der Waals surface area contributed by atoms with Gasteiger partial charge in [-0.3, -0.25) is 0 Å². The zero-order valence-corrected chi connectivity index (χ0v) is 12.0. The van der Waals surface area contributed by atoms with Crippen molar-refractivity contribution in [3.05, 3.63) is 59.7 Å². The van der Waals surface area contributed by atoms with Crippen LogP contribution in [0.1, 0.15) is 21.4 Å². The molecule has 1 atom stereocenters. The summed E-state index contributed by atoms with van der Waals surface area (Å²) in [5.41, 5.74) is -0.897. The van der Waals surface area contributed by atoms with Crippen molar-refractivity contribution in [2.45, 2.75) is 10.3 Å². The molecule has 0 saturated heterocycles. The lowest BCUT2D eigenvalue weighted by Crippen LogP contribution is -2.14. The van der Waals surface area contributed by atoms with E-state index in [1.54, 1.807) is 30.3 Å². The maximum Gasteiger partial charge on any atom is 0.340 e. The Hall–Kier alpha value is -2.34. The van der Waals surface area contributed by atoms with Gasteiger partial charge in [0.05, 0.1) is 23.1 Å². The van der Waals surface area contributed by atoms with Gasteiger partial charge in [0, 0.05) is 0 Å². The molecule has 1 aliphatic rings. The molecule has 0 bridgehead atoms. The molecule has 108 valence electrons. The number of cyclic esters (lactones) is 1. The molecule has 2 aromatic carbocycles. The van der Waals surface area contributed by atoms with Gasteiger partial charge in [-0.05, 0) is 24.3 Å². The van der Waals surface area contributed by atoms with Gasteiger partial charge in [-0.2, -0.15) is 0 Å². The van der Waals surface area contributed by atoms with Crippen LogP contribution in [-0.2, 0) is 14.6 Å². The standard InChI is InChI=1S/C15H12O5S/c1-19-12-9-5-8-11-13(12)15(20-14(11)16)21(17,18)10-6-3-2-4-7-10/h2-9,15H,1H3. The highest BCUT2D eigenvalue weighted by Gasteiger charge is 2.43. The summed E-state index contributed by atoms with van der Waals surface area (Å²) >= 11 is 0. The molecule has 1 heterocycles. The Morgan fingerprint density at radius 1 is 1.05 bits per heavy atom. The lowest BCUT2D eigenvalue weighted by molar-refractivity contribution is 0.0507. The molecular weight excluding hydrogens is 292 g/mol. The summed E-state index contributed by atoms with van der Waals surface area (Å²) in [5, 5.41) is 0. The predicted octanol–water partition coefficient (Wildman–Crippen LogP) is 2.34. The van der Waals surface area contributed by atoms with Crippen molar-refractivity contribution < 1.29 is 22.7 Å². The van der Waals surface area contributed by atoms with Crippen LogP contribution in [0.3, 0.4) is 0 Å². The summed E-state index contributed by atoms with van der Waals surface area (Å²) in [6, 6.07) is 12.6. The van der Waals surface area contributed by atoms with Gasteiger partial charge in [0.15, 0.2) is 0 Å². The molecule has 0 fully saturated rings. The van der Waals surface area contributed by atoms with Crippen molar-refractivity contribution in [2.75, 3.05) is 7.11 Å². The van der Waals surface area contributed by atoms with Gasteiger partial charge in [0.25, 0.3) is 0 Å². The summed E-state index contributed by atoms with van der Waals surface area (Å²) in [7, 11) is -2.42. The second-order valence-corrected chi connectivity index (χ2v) is 6.51. The number of benzene rings is 2. The first kappa shape index (κ1) is 13.6. The van der Waals surface area contributed by atoms with Crippen molar-refractivity contribution in [2.24, 2.45) is 0 Å². The lowest BCUT2D eigenvalue weighted by atomic mass is 10.1. The predicted molar refractivity (Wildman–Crippen MR) is 74.8 cm³/mol. The average Bonchev–Trinajstić information content (AvgIpc) is 2.86. The van der Waals surface area contributed by atoms with Crippen LogP contribution in [0.2, 0.25) is 0 Å². The fraction of sp³-hybridized carbons (Fsp3) is 0.133. The Morgan fingerprint density at radius 2 is 1.76 bits per heavy atom. The average molecular weight is 304 g/mol. The first-order chi connectivity index (χ1) is 10.1. The summed E-state index contributed by atoms with van der Waals surface area (Å²) in [4.78, 5) is 12.0. The van der Waals surface area contributed by atoms with Crippen molar-refractivity contribution >= 4 is 15.8 Å². The molecule has 1 aliphatic heterocycles. The molecule has 0 spiro atoms. The van der Waals surface area contributed by atoms with Gasteiger partial charge >= 0.3 is 5.97 Å². The Labute approximate surface area is 122 Å². The highest BCUT2D eigenvalue weighted by Crippen LogP contribution is 2.42. The van der Waals surface area contributed by atoms with E-state index in [1.165, 1.54) is 25.3 Å². The largest absolute Gasteiger partial charge is 0.496 e. The number of ether oxygens (including phenoxy) is 2. The first-order valence-electron chi connectivity index (χ1n) is 6.22. The van der Waals surface area contributed by atoms with Gasteiger partial charge in [-0.25, -0.2) is 13.2 Å². The van der Waals surface area contributed by atoms with Crippen molar-refractivity contribution in [1.29, 1.82) is 0 Å². The van der Waals surface area contributed by atoms with Crippen LogP contribution < -0.4 is 4.74 Å². The molecule has 0 saturated carbocycles. The lowest BCUT2D eigenvalue weighted by Gasteiger charge is -2.14. The smallest absolute Gasteiger partial charge is 0.340 e. The molecule has 3 rings (SSSR count). The van der Waals surface area contributed by atoms with Crippen LogP contribution in [0, 0.1) is 0 Å². The van der Waals surface area contributed by atoms with Gasteiger partial charge in [0.2, 0.25) is 15.3 Å². The quantitative estimate of drug-likeness (QED) is 0.814. The zero-order chi connectivity index (χ0) is 15.0. The van der Waals surface area contributed by atoms with E-state index in [9.17, 15) is 13.2 Å². The van der Waals surface area contributed by atoms with Crippen LogP contribution in [0.25, 0.3) is 0 Å². The summed E-state index contributed by atoms with van der Waals surface area (Å²) < 4.78 is 35.6. The van der Waals surface area contributed by atoms with Crippen molar-refractivity contribution in [3.63, 3.8) is 0 Å². The van der Waals surface area contributed by atoms with Crippen LogP contribution in [-0.4, -0.2) is 21.5 Å². The number of sulfone groups is 1. The van der Waals surface area contributed by atoms with Crippen molar-refractivity contribution in [3.8, 4) is 5.75 Å². The number of carbonyl (C=O) groups excluding carboxylic acids is 1. The summed E-state index contributed by atoms with van der Waals surface area (Å²) in [5.74, 6) is -0.337. The minimum Gasteiger partial charge on any atom is -0.496 e. The molecule has 2 aromatic rings. The molecule has 0 radical (unpaired) electrons. The second-order valence-electron chi connectivity index (χ2n) is 4.52. The molecule has 0 amide bonds. The normalized spacial score (nSPS) is 17.2. The number of esters is 1. The van der Waals surface area contributed by atoms with Gasteiger partial charge < -0.3 is 9.47 Å². The van der Waals surface area contributed by atoms with E-state index >= 15 is 0 Å². The number of rotatable bonds is 3. The topological polar surface area (TPSA) is 69.7 Å². The van der Waals surface area contributed by atoms with E-state index in [-0.39, 0.29) is 16.0 Å². The molecule has 6 heteroatoms. The van der Waals surface area contributed by atoms with Crippen LogP contribution in [0.4, 0.5) is 0 Å². The van der Waals surface area contributed by atoms with Crippen LogP contribution >= 0.6 is 0 Å². The van der Waals surface area contributed by atoms with Crippen molar-refractivity contribution in [1.82, 2.24) is 0 Å². The van der Waals surface area contributed by atoms with Crippen LogP contribution in [0.5, 0.6) is 5.75 Å². The highest BCUT2D eigenvalue weighted by atomic mass is 32.2. The Kier molecular flexibility index (Phi) is 3.17. The Balaban J connectivity index is 2.18. The minimum atomic E-state index is -3.84. The van der Waals surface area contributed by atoms with E-state index in [1.807, 2.05) is 0 Å². The third-order valence-electron chi connectivity index (χ3n) is 3.31. The van der Waals surface area contributed by atoms with Crippen LogP contribution in [0.15, 0.2) is 53.4 Å². The van der Waals surface area contributed by atoms with E-state index in [2.05, 4.69) is 0 Å². The third-order valence-corrected chi connectivity index (χ3v) is 5.13. The summed E-state index contributed by atoms with van der Waals surface area (Å²) in [6.45, 7) is 0. The van der Waals surface area contributed by atoms with E-state index in [4.69, 9.17) is 9.47 Å². The maximum absolute atomic E-state index is 12.7. The molecule has 21 heavy (non-hydrogen) atoms. The Bertz CT molecular complexity index is 796. The molecule has 1 unspecified atom stereocenters. The number of hydrogen-bond acceptors (Lipinski definition) is 5. The third kappa shape index (κ3) is 2.08. The maximum atomic E-state index is 12.7. The number of fused-ring (bicyclic) bond motifs is 1. The fourth-order valence-corrected chi connectivity index (χ4v) is 3.87. The fourth-order valence-electron chi connectivity index (χ4n) is 2.32. The number of methoxy groups -OCH3 is 1. The molecule has 0 N–H and O–H groups in total. The molecular formula is C15H12O5S. The zero-order valence-electron chi connectivity index (χ0n) is 11.1. The number of hydrogen-bond donors (Lipinski definition) is 0.